The van der Waals surface area contributed by atoms with E-state index in [9.17, 15) is 0 Å². The van der Waals surface area contributed by atoms with Gasteiger partial charge in [0.2, 0.25) is 0 Å². The SMILES string of the molecule is c1cncc(CCCOCCn2ccnc2)c1. The maximum absolute atomic E-state index is 5.56. The molecule has 90 valence electrons. The Labute approximate surface area is 101 Å². The molecule has 0 fully saturated rings. The third-order valence-corrected chi connectivity index (χ3v) is 2.53. The lowest BCUT2D eigenvalue weighted by Gasteiger charge is -2.04. The Balaban J connectivity index is 1.52. The van der Waals surface area contributed by atoms with Crippen LogP contribution in [0.3, 0.4) is 0 Å². The molecule has 2 heterocycles. The van der Waals surface area contributed by atoms with Crippen LogP contribution in [0.25, 0.3) is 0 Å². The smallest absolute Gasteiger partial charge is 0.0946 e. The van der Waals surface area contributed by atoms with Gasteiger partial charge < -0.3 is 9.30 Å². The first-order valence-corrected chi connectivity index (χ1v) is 5.87. The fourth-order valence-corrected chi connectivity index (χ4v) is 1.62. The summed E-state index contributed by atoms with van der Waals surface area (Å²) in [6, 6.07) is 4.06. The number of rotatable bonds is 7. The number of nitrogens with zero attached hydrogens (tertiary/aromatic N) is 3. The van der Waals surface area contributed by atoms with Crippen molar-refractivity contribution in [2.24, 2.45) is 0 Å². The van der Waals surface area contributed by atoms with Gasteiger partial charge in [0.05, 0.1) is 12.9 Å². The molecule has 0 radical (unpaired) electrons. The lowest BCUT2D eigenvalue weighted by atomic mass is 10.2. The summed E-state index contributed by atoms with van der Waals surface area (Å²) in [7, 11) is 0. The molecule has 2 aromatic heterocycles. The number of pyridine rings is 1. The van der Waals surface area contributed by atoms with Crippen molar-refractivity contribution in [2.45, 2.75) is 19.4 Å². The van der Waals surface area contributed by atoms with Gasteiger partial charge in [0, 0.05) is 37.9 Å². The second-order valence-corrected chi connectivity index (χ2v) is 3.88. The monoisotopic (exact) mass is 231 g/mol. The van der Waals surface area contributed by atoms with Crippen molar-refractivity contribution in [3.63, 3.8) is 0 Å². The fraction of sp³-hybridized carbons (Fsp3) is 0.385. The van der Waals surface area contributed by atoms with Crippen molar-refractivity contribution in [1.82, 2.24) is 14.5 Å². The van der Waals surface area contributed by atoms with E-state index in [1.54, 1.807) is 18.7 Å². The van der Waals surface area contributed by atoms with E-state index in [1.165, 1.54) is 5.56 Å². The lowest BCUT2D eigenvalue weighted by molar-refractivity contribution is 0.124. The number of hydrogen-bond donors (Lipinski definition) is 0. The highest BCUT2D eigenvalue weighted by atomic mass is 16.5. The van der Waals surface area contributed by atoms with Gasteiger partial charge in [-0.05, 0) is 24.5 Å². The molecule has 0 aliphatic rings. The standard InChI is InChI=1S/C13H17N3O/c1-3-13(11-14-5-1)4-2-9-17-10-8-16-7-6-15-12-16/h1,3,5-7,11-12H,2,4,8-10H2. The van der Waals surface area contributed by atoms with Gasteiger partial charge in [0.25, 0.3) is 0 Å². The van der Waals surface area contributed by atoms with Crippen LogP contribution in [-0.2, 0) is 17.7 Å². The van der Waals surface area contributed by atoms with Crippen molar-refractivity contribution >= 4 is 0 Å². The molecule has 4 heteroatoms. The first-order valence-electron chi connectivity index (χ1n) is 5.87. The van der Waals surface area contributed by atoms with Crippen LogP contribution in [0.1, 0.15) is 12.0 Å². The zero-order valence-electron chi connectivity index (χ0n) is 9.83. The van der Waals surface area contributed by atoms with E-state index in [2.05, 4.69) is 16.0 Å². The number of imidazole rings is 1. The van der Waals surface area contributed by atoms with E-state index in [4.69, 9.17) is 4.74 Å². The van der Waals surface area contributed by atoms with Crippen LogP contribution in [-0.4, -0.2) is 27.7 Å². The second-order valence-electron chi connectivity index (χ2n) is 3.88. The highest BCUT2D eigenvalue weighted by Gasteiger charge is 1.94. The number of ether oxygens (including phenoxy) is 1. The normalized spacial score (nSPS) is 10.6. The average molecular weight is 231 g/mol. The van der Waals surface area contributed by atoms with Crippen LogP contribution in [0.15, 0.2) is 43.2 Å². The Morgan fingerprint density at radius 1 is 1.18 bits per heavy atom. The van der Waals surface area contributed by atoms with Crippen LogP contribution in [0.5, 0.6) is 0 Å². The van der Waals surface area contributed by atoms with Crippen molar-refractivity contribution < 1.29 is 4.74 Å². The zero-order valence-corrected chi connectivity index (χ0v) is 9.83. The molecule has 4 nitrogen and oxygen atoms in total. The van der Waals surface area contributed by atoms with Gasteiger partial charge in [0.15, 0.2) is 0 Å². The molecule has 0 aliphatic carbocycles. The van der Waals surface area contributed by atoms with E-state index in [0.717, 1.165) is 32.6 Å². The van der Waals surface area contributed by atoms with Gasteiger partial charge in [-0.2, -0.15) is 0 Å². The van der Waals surface area contributed by atoms with Gasteiger partial charge in [-0.1, -0.05) is 6.07 Å². The third-order valence-electron chi connectivity index (χ3n) is 2.53. The Bertz CT molecular complexity index is 400. The number of hydrogen-bond acceptors (Lipinski definition) is 3. The lowest BCUT2D eigenvalue weighted by Crippen LogP contribution is -2.05. The summed E-state index contributed by atoms with van der Waals surface area (Å²) in [5, 5.41) is 0. The van der Waals surface area contributed by atoms with Crippen molar-refractivity contribution in [3.05, 3.63) is 48.8 Å². The molecule has 0 spiro atoms. The van der Waals surface area contributed by atoms with Crippen LogP contribution in [0.2, 0.25) is 0 Å². The summed E-state index contributed by atoms with van der Waals surface area (Å²) < 4.78 is 7.57. The summed E-state index contributed by atoms with van der Waals surface area (Å²) in [6.07, 6.45) is 11.3. The highest BCUT2D eigenvalue weighted by molar-refractivity contribution is 5.08. The predicted molar refractivity (Wildman–Crippen MR) is 65.6 cm³/mol. The van der Waals surface area contributed by atoms with E-state index in [0.29, 0.717) is 0 Å². The molecule has 0 unspecified atom stereocenters. The van der Waals surface area contributed by atoms with Crippen molar-refractivity contribution in [3.8, 4) is 0 Å². The molecule has 0 saturated heterocycles. The predicted octanol–water partition coefficient (Wildman–Crippen LogP) is 1.93. The molecule has 0 bridgehead atoms. The zero-order chi connectivity index (χ0) is 11.8. The molecular formula is C13H17N3O. The Morgan fingerprint density at radius 3 is 2.94 bits per heavy atom. The molecule has 17 heavy (non-hydrogen) atoms. The highest BCUT2D eigenvalue weighted by Crippen LogP contribution is 2.00. The van der Waals surface area contributed by atoms with Gasteiger partial charge in [-0.3, -0.25) is 4.98 Å². The van der Waals surface area contributed by atoms with E-state index in [1.807, 2.05) is 23.0 Å². The number of aryl methyl sites for hydroxylation is 1. The van der Waals surface area contributed by atoms with Gasteiger partial charge in [-0.25, -0.2) is 4.98 Å². The van der Waals surface area contributed by atoms with Crippen molar-refractivity contribution in [2.75, 3.05) is 13.2 Å². The molecule has 2 rings (SSSR count). The summed E-state index contributed by atoms with van der Waals surface area (Å²) in [4.78, 5) is 8.06. The Hall–Kier alpha value is -1.68. The van der Waals surface area contributed by atoms with Gasteiger partial charge >= 0.3 is 0 Å². The molecule has 0 aromatic carbocycles. The van der Waals surface area contributed by atoms with Crippen LogP contribution in [0.4, 0.5) is 0 Å². The molecule has 0 amide bonds. The minimum atomic E-state index is 0.739. The maximum atomic E-state index is 5.56. The summed E-state index contributed by atoms with van der Waals surface area (Å²) >= 11 is 0. The summed E-state index contributed by atoms with van der Waals surface area (Å²) in [5.74, 6) is 0. The average Bonchev–Trinajstić information content (AvgIpc) is 2.88. The second kappa shape index (κ2) is 6.81. The topological polar surface area (TPSA) is 39.9 Å². The molecule has 0 aliphatic heterocycles. The summed E-state index contributed by atoms with van der Waals surface area (Å²) in [6.45, 7) is 2.40. The molecule has 2 aromatic rings. The first-order chi connectivity index (χ1) is 8.45. The maximum Gasteiger partial charge on any atom is 0.0946 e. The van der Waals surface area contributed by atoms with E-state index in [-0.39, 0.29) is 0 Å². The van der Waals surface area contributed by atoms with Gasteiger partial charge in [0.1, 0.15) is 0 Å². The molecule has 0 atom stereocenters. The largest absolute Gasteiger partial charge is 0.380 e. The third kappa shape index (κ3) is 4.36. The van der Waals surface area contributed by atoms with Crippen LogP contribution < -0.4 is 0 Å². The molecular weight excluding hydrogens is 214 g/mol. The minimum Gasteiger partial charge on any atom is -0.380 e. The quantitative estimate of drug-likeness (QED) is 0.683. The summed E-state index contributed by atoms with van der Waals surface area (Å²) in [5.41, 5.74) is 1.27. The number of aromatic nitrogens is 3. The van der Waals surface area contributed by atoms with Crippen LogP contribution in [0, 0.1) is 0 Å². The minimum absolute atomic E-state index is 0.739. The fourth-order valence-electron chi connectivity index (χ4n) is 1.62. The Kier molecular flexibility index (Phi) is 4.72. The van der Waals surface area contributed by atoms with Gasteiger partial charge in [-0.15, -0.1) is 0 Å². The molecule has 0 saturated carbocycles. The first kappa shape index (κ1) is 11.8. The van der Waals surface area contributed by atoms with E-state index >= 15 is 0 Å². The van der Waals surface area contributed by atoms with Crippen LogP contribution >= 0.6 is 0 Å². The Morgan fingerprint density at radius 2 is 2.18 bits per heavy atom. The van der Waals surface area contributed by atoms with E-state index < -0.39 is 0 Å². The van der Waals surface area contributed by atoms with Crippen molar-refractivity contribution in [1.29, 1.82) is 0 Å². The molecule has 0 N–H and O–H groups in total.